The van der Waals surface area contributed by atoms with Gasteiger partial charge < -0.3 is 11.1 Å². The molecule has 1 aromatic carbocycles. The van der Waals surface area contributed by atoms with Gasteiger partial charge in [-0.3, -0.25) is 4.79 Å². The van der Waals surface area contributed by atoms with E-state index in [1.807, 2.05) is 0 Å². The van der Waals surface area contributed by atoms with Gasteiger partial charge in [0.1, 0.15) is 0 Å². The van der Waals surface area contributed by atoms with Gasteiger partial charge >= 0.3 is 0 Å². The molecule has 0 fully saturated rings. The van der Waals surface area contributed by atoms with Crippen LogP contribution in [0.15, 0.2) is 41.1 Å². The molecule has 86 valence electrons. The zero-order valence-electron chi connectivity index (χ0n) is 8.72. The van der Waals surface area contributed by atoms with E-state index in [9.17, 15) is 4.79 Å². The van der Waals surface area contributed by atoms with Crippen molar-refractivity contribution < 1.29 is 4.79 Å². The van der Waals surface area contributed by atoms with Gasteiger partial charge in [-0.25, -0.2) is 0 Å². The quantitative estimate of drug-likeness (QED) is 0.831. The Morgan fingerprint density at radius 3 is 2.76 bits per heavy atom. The number of carbonyl (C=O) groups excluding carboxylic acids is 1. The van der Waals surface area contributed by atoms with Crippen LogP contribution in [0.3, 0.4) is 0 Å². The Bertz CT molecular complexity index is 544. The fraction of sp³-hybridized carbons (Fsp3) is 0. The van der Waals surface area contributed by atoms with Gasteiger partial charge in [-0.15, -0.1) is 0 Å². The third-order valence-corrected chi connectivity index (χ3v) is 2.74. The molecule has 0 saturated carbocycles. The van der Waals surface area contributed by atoms with E-state index in [1.165, 1.54) is 12.4 Å². The second-order valence-electron chi connectivity index (χ2n) is 3.32. The molecule has 0 spiro atoms. The molecule has 0 aliphatic carbocycles. The molecule has 0 aliphatic rings. The molecule has 0 saturated heterocycles. The minimum absolute atomic E-state index is 0.245. The average Bonchev–Trinajstić information content (AvgIpc) is 2.34. The third-order valence-electron chi connectivity index (χ3n) is 2.09. The van der Waals surface area contributed by atoms with Gasteiger partial charge in [-0.2, -0.15) is 10.2 Å². The SMILES string of the molecule is Nc1ccc(NC(=O)c2ccnnc2)c(Br)c1. The summed E-state index contributed by atoms with van der Waals surface area (Å²) in [5.41, 5.74) is 7.34. The fourth-order valence-corrected chi connectivity index (χ4v) is 1.75. The number of benzene rings is 1. The number of aromatic nitrogens is 2. The van der Waals surface area contributed by atoms with Crippen molar-refractivity contribution in [3.05, 3.63) is 46.7 Å². The van der Waals surface area contributed by atoms with E-state index < -0.39 is 0 Å². The number of hydrogen-bond acceptors (Lipinski definition) is 4. The molecular weight excluding hydrogens is 284 g/mol. The van der Waals surface area contributed by atoms with E-state index in [0.717, 1.165) is 4.47 Å². The molecule has 0 bridgehead atoms. The summed E-state index contributed by atoms with van der Waals surface area (Å²) in [4.78, 5) is 11.8. The molecule has 0 unspecified atom stereocenters. The van der Waals surface area contributed by atoms with Crippen molar-refractivity contribution in [2.45, 2.75) is 0 Å². The molecule has 0 aliphatic heterocycles. The summed E-state index contributed by atoms with van der Waals surface area (Å²) in [6.45, 7) is 0. The number of hydrogen-bond donors (Lipinski definition) is 2. The molecule has 0 atom stereocenters. The van der Waals surface area contributed by atoms with Crippen LogP contribution >= 0.6 is 15.9 Å². The lowest BCUT2D eigenvalue weighted by Gasteiger charge is -2.07. The molecule has 2 aromatic rings. The Kier molecular flexibility index (Phi) is 3.34. The van der Waals surface area contributed by atoms with E-state index >= 15 is 0 Å². The highest BCUT2D eigenvalue weighted by Crippen LogP contribution is 2.24. The van der Waals surface area contributed by atoms with Crippen LogP contribution in [0.25, 0.3) is 0 Å². The second-order valence-corrected chi connectivity index (χ2v) is 4.18. The van der Waals surface area contributed by atoms with Gasteiger partial charge in [0, 0.05) is 10.2 Å². The largest absolute Gasteiger partial charge is 0.399 e. The maximum atomic E-state index is 11.8. The van der Waals surface area contributed by atoms with Crippen molar-refractivity contribution in [1.29, 1.82) is 0 Å². The topological polar surface area (TPSA) is 80.9 Å². The molecule has 1 heterocycles. The summed E-state index contributed by atoms with van der Waals surface area (Å²) < 4.78 is 0.730. The molecule has 2 rings (SSSR count). The maximum Gasteiger partial charge on any atom is 0.257 e. The summed E-state index contributed by atoms with van der Waals surface area (Å²) in [7, 11) is 0. The lowest BCUT2D eigenvalue weighted by atomic mass is 10.2. The van der Waals surface area contributed by atoms with Crippen molar-refractivity contribution in [2.75, 3.05) is 11.1 Å². The Morgan fingerprint density at radius 2 is 2.12 bits per heavy atom. The van der Waals surface area contributed by atoms with Crippen molar-refractivity contribution in [3.8, 4) is 0 Å². The first-order chi connectivity index (χ1) is 8.16. The van der Waals surface area contributed by atoms with Gasteiger partial charge in [0.15, 0.2) is 0 Å². The van der Waals surface area contributed by atoms with Crippen LogP contribution in [0.1, 0.15) is 10.4 Å². The van der Waals surface area contributed by atoms with E-state index in [1.54, 1.807) is 24.3 Å². The number of anilines is 2. The highest BCUT2D eigenvalue weighted by molar-refractivity contribution is 9.10. The van der Waals surface area contributed by atoms with Gasteiger partial charge in [-0.1, -0.05) is 0 Å². The van der Waals surface area contributed by atoms with Gasteiger partial charge in [-0.05, 0) is 40.2 Å². The minimum Gasteiger partial charge on any atom is -0.399 e. The Hall–Kier alpha value is -1.95. The first-order valence-electron chi connectivity index (χ1n) is 4.80. The predicted molar refractivity (Wildman–Crippen MR) is 68.5 cm³/mol. The Labute approximate surface area is 106 Å². The lowest BCUT2D eigenvalue weighted by Crippen LogP contribution is -2.12. The van der Waals surface area contributed by atoms with Crippen LogP contribution in [0.4, 0.5) is 11.4 Å². The summed E-state index contributed by atoms with van der Waals surface area (Å²) in [5, 5.41) is 9.99. The van der Waals surface area contributed by atoms with Crippen molar-refractivity contribution in [2.24, 2.45) is 0 Å². The summed E-state index contributed by atoms with van der Waals surface area (Å²) in [6, 6.07) is 6.76. The molecule has 1 amide bonds. The molecule has 17 heavy (non-hydrogen) atoms. The zero-order chi connectivity index (χ0) is 12.3. The molecule has 3 N–H and O–H groups in total. The van der Waals surface area contributed by atoms with Crippen molar-refractivity contribution >= 4 is 33.2 Å². The van der Waals surface area contributed by atoms with E-state index in [0.29, 0.717) is 16.9 Å². The molecule has 6 heteroatoms. The number of amides is 1. The number of carbonyl (C=O) groups is 1. The number of rotatable bonds is 2. The predicted octanol–water partition coefficient (Wildman–Crippen LogP) is 2.07. The number of halogens is 1. The van der Waals surface area contributed by atoms with E-state index in [2.05, 4.69) is 31.4 Å². The van der Waals surface area contributed by atoms with Crippen molar-refractivity contribution in [3.63, 3.8) is 0 Å². The van der Waals surface area contributed by atoms with Gasteiger partial charge in [0.2, 0.25) is 0 Å². The van der Waals surface area contributed by atoms with E-state index in [4.69, 9.17) is 5.73 Å². The summed E-state index contributed by atoms with van der Waals surface area (Å²) in [6.07, 6.45) is 2.87. The molecular formula is C11H9BrN4O. The molecule has 0 radical (unpaired) electrons. The summed E-state index contributed by atoms with van der Waals surface area (Å²) in [5.74, 6) is -0.245. The second kappa shape index (κ2) is 4.92. The van der Waals surface area contributed by atoms with Crippen LogP contribution in [-0.4, -0.2) is 16.1 Å². The maximum absolute atomic E-state index is 11.8. The van der Waals surface area contributed by atoms with Gasteiger partial charge in [0.25, 0.3) is 5.91 Å². The number of nitrogen functional groups attached to an aromatic ring is 1. The smallest absolute Gasteiger partial charge is 0.257 e. The highest BCUT2D eigenvalue weighted by atomic mass is 79.9. The first-order valence-corrected chi connectivity index (χ1v) is 5.59. The molecule has 1 aromatic heterocycles. The van der Waals surface area contributed by atoms with Crippen LogP contribution in [-0.2, 0) is 0 Å². The summed E-state index contributed by atoms with van der Waals surface area (Å²) >= 11 is 3.33. The Balaban J connectivity index is 2.19. The fourth-order valence-electron chi connectivity index (χ4n) is 1.25. The monoisotopic (exact) mass is 292 g/mol. The van der Waals surface area contributed by atoms with Crippen LogP contribution in [0, 0.1) is 0 Å². The minimum atomic E-state index is -0.245. The normalized spacial score (nSPS) is 9.94. The molecule has 5 nitrogen and oxygen atoms in total. The van der Waals surface area contributed by atoms with Crippen LogP contribution in [0.5, 0.6) is 0 Å². The highest BCUT2D eigenvalue weighted by Gasteiger charge is 2.08. The number of nitrogens with one attached hydrogen (secondary N) is 1. The van der Waals surface area contributed by atoms with Crippen molar-refractivity contribution in [1.82, 2.24) is 10.2 Å². The lowest BCUT2D eigenvalue weighted by molar-refractivity contribution is 0.102. The van der Waals surface area contributed by atoms with Crippen LogP contribution in [0.2, 0.25) is 0 Å². The first kappa shape index (κ1) is 11.5. The van der Waals surface area contributed by atoms with E-state index in [-0.39, 0.29) is 5.91 Å². The average molecular weight is 293 g/mol. The number of nitrogens with two attached hydrogens (primary N) is 1. The van der Waals surface area contributed by atoms with Gasteiger partial charge in [0.05, 0.1) is 23.6 Å². The Morgan fingerprint density at radius 1 is 1.29 bits per heavy atom. The zero-order valence-corrected chi connectivity index (χ0v) is 10.3. The number of nitrogens with zero attached hydrogens (tertiary/aromatic N) is 2. The third kappa shape index (κ3) is 2.79. The van der Waals surface area contributed by atoms with Crippen LogP contribution < -0.4 is 11.1 Å². The standard InChI is InChI=1S/C11H9BrN4O/c12-9-5-8(13)1-2-10(9)16-11(17)7-3-4-14-15-6-7/h1-6H,13H2,(H,16,17).